The van der Waals surface area contributed by atoms with E-state index in [1.165, 1.54) is 12.3 Å². The van der Waals surface area contributed by atoms with Gasteiger partial charge >= 0.3 is 5.63 Å². The molecule has 0 saturated carbocycles. The quantitative estimate of drug-likeness (QED) is 0.541. The number of nitrogens with zero attached hydrogens (tertiary/aromatic N) is 2. The van der Waals surface area contributed by atoms with Crippen molar-refractivity contribution in [2.45, 2.75) is 13.3 Å². The highest BCUT2D eigenvalue weighted by Gasteiger charge is 2.16. The molecule has 0 radical (unpaired) electrons. The zero-order chi connectivity index (χ0) is 19.7. The number of benzene rings is 1. The predicted octanol–water partition coefficient (Wildman–Crippen LogP) is 4.00. The van der Waals surface area contributed by atoms with Gasteiger partial charge in [-0.05, 0) is 42.3 Å². The van der Waals surface area contributed by atoms with E-state index >= 15 is 0 Å². The van der Waals surface area contributed by atoms with Gasteiger partial charge in [0.25, 0.3) is 0 Å². The number of ether oxygens (including phenoxy) is 1. The van der Waals surface area contributed by atoms with Crippen LogP contribution in [0.2, 0.25) is 0 Å². The van der Waals surface area contributed by atoms with Gasteiger partial charge in [-0.1, -0.05) is 6.07 Å². The Morgan fingerprint density at radius 2 is 2.00 bits per heavy atom. The number of anilines is 1. The topological polar surface area (TPSA) is 91.2 Å². The summed E-state index contributed by atoms with van der Waals surface area (Å²) in [4.78, 5) is 20.3. The van der Waals surface area contributed by atoms with Crippen molar-refractivity contribution >= 4 is 16.8 Å². The van der Waals surface area contributed by atoms with Gasteiger partial charge in [-0.3, -0.25) is 0 Å². The van der Waals surface area contributed by atoms with Crippen LogP contribution in [0.5, 0.6) is 11.6 Å². The maximum Gasteiger partial charge on any atom is 0.340 e. The van der Waals surface area contributed by atoms with E-state index < -0.39 is 11.4 Å². The normalized spacial score (nSPS) is 10.9. The Bertz CT molecular complexity index is 1220. The molecule has 3 aromatic heterocycles. The van der Waals surface area contributed by atoms with E-state index in [-0.39, 0.29) is 17.8 Å². The average molecular weight is 377 g/mol. The SMILES string of the molecule is Cc1c(Cc2ccnc(N)c2F)c(=O)oc2cc(Oc3ccccn3)ccc12. The van der Waals surface area contributed by atoms with Crippen molar-refractivity contribution in [3.63, 3.8) is 0 Å². The minimum absolute atomic E-state index is 0.0643. The number of pyridine rings is 2. The molecule has 0 fully saturated rings. The molecule has 4 aromatic rings. The maximum atomic E-state index is 14.2. The summed E-state index contributed by atoms with van der Waals surface area (Å²) in [6.07, 6.45) is 3.10. The molecule has 4 rings (SSSR count). The monoisotopic (exact) mass is 377 g/mol. The second-order valence-corrected chi connectivity index (χ2v) is 6.27. The van der Waals surface area contributed by atoms with Gasteiger partial charge in [-0.2, -0.15) is 0 Å². The van der Waals surface area contributed by atoms with Gasteiger partial charge in [0, 0.05) is 41.9 Å². The van der Waals surface area contributed by atoms with Crippen molar-refractivity contribution in [1.29, 1.82) is 0 Å². The molecule has 0 aliphatic carbocycles. The fourth-order valence-corrected chi connectivity index (χ4v) is 3.00. The summed E-state index contributed by atoms with van der Waals surface area (Å²) in [5.41, 5.74) is 6.74. The summed E-state index contributed by atoms with van der Waals surface area (Å²) in [6.45, 7) is 1.80. The lowest BCUT2D eigenvalue weighted by Gasteiger charge is -2.10. The lowest BCUT2D eigenvalue weighted by Crippen LogP contribution is -2.12. The van der Waals surface area contributed by atoms with E-state index in [9.17, 15) is 9.18 Å². The molecule has 2 N–H and O–H groups in total. The van der Waals surface area contributed by atoms with Crippen LogP contribution in [0.15, 0.2) is 64.1 Å². The third-order valence-electron chi connectivity index (χ3n) is 4.48. The van der Waals surface area contributed by atoms with E-state index in [0.717, 1.165) is 5.39 Å². The maximum absolute atomic E-state index is 14.2. The van der Waals surface area contributed by atoms with Crippen LogP contribution < -0.4 is 16.1 Å². The first-order chi connectivity index (χ1) is 13.5. The number of nitrogens with two attached hydrogens (primary N) is 1. The van der Waals surface area contributed by atoms with Gasteiger partial charge in [0.1, 0.15) is 11.3 Å². The fraction of sp³-hybridized carbons (Fsp3) is 0.0952. The Labute approximate surface area is 159 Å². The third-order valence-corrected chi connectivity index (χ3v) is 4.48. The van der Waals surface area contributed by atoms with Gasteiger partial charge in [-0.25, -0.2) is 19.2 Å². The number of fused-ring (bicyclic) bond motifs is 1. The van der Waals surface area contributed by atoms with Crippen molar-refractivity contribution < 1.29 is 13.5 Å². The minimum atomic E-state index is -0.625. The van der Waals surface area contributed by atoms with Crippen LogP contribution in [0, 0.1) is 12.7 Å². The van der Waals surface area contributed by atoms with Gasteiger partial charge < -0.3 is 14.9 Å². The van der Waals surface area contributed by atoms with E-state index in [2.05, 4.69) is 9.97 Å². The predicted molar refractivity (Wildman–Crippen MR) is 103 cm³/mol. The first-order valence-corrected chi connectivity index (χ1v) is 8.57. The van der Waals surface area contributed by atoms with Gasteiger partial charge in [-0.15, -0.1) is 0 Å². The molecule has 0 spiro atoms. The molecular formula is C21H16FN3O3. The van der Waals surface area contributed by atoms with E-state index in [0.29, 0.717) is 28.3 Å². The van der Waals surface area contributed by atoms with Crippen LogP contribution in [-0.2, 0) is 6.42 Å². The Hall–Kier alpha value is -3.74. The van der Waals surface area contributed by atoms with Gasteiger partial charge in [0.2, 0.25) is 5.88 Å². The Kier molecular flexibility index (Phi) is 4.49. The highest BCUT2D eigenvalue weighted by atomic mass is 19.1. The average Bonchev–Trinajstić information content (AvgIpc) is 2.69. The minimum Gasteiger partial charge on any atom is -0.439 e. The van der Waals surface area contributed by atoms with Crippen molar-refractivity contribution in [2.75, 3.05) is 5.73 Å². The van der Waals surface area contributed by atoms with E-state index in [1.54, 1.807) is 43.5 Å². The van der Waals surface area contributed by atoms with Crippen LogP contribution in [0.4, 0.5) is 10.2 Å². The third kappa shape index (κ3) is 3.29. The Morgan fingerprint density at radius 3 is 2.79 bits per heavy atom. The number of halogens is 1. The lowest BCUT2D eigenvalue weighted by atomic mass is 10.00. The summed E-state index contributed by atoms with van der Waals surface area (Å²) in [5.74, 6) is 0.106. The smallest absolute Gasteiger partial charge is 0.340 e. The molecule has 0 aliphatic heterocycles. The largest absolute Gasteiger partial charge is 0.439 e. The van der Waals surface area contributed by atoms with Crippen LogP contribution in [0.25, 0.3) is 11.0 Å². The molecule has 0 aliphatic rings. The molecule has 0 unspecified atom stereocenters. The molecule has 0 atom stereocenters. The summed E-state index contributed by atoms with van der Waals surface area (Å²) in [6, 6.07) is 12.0. The zero-order valence-corrected chi connectivity index (χ0v) is 15.0. The van der Waals surface area contributed by atoms with Crippen LogP contribution in [0.3, 0.4) is 0 Å². The number of aryl methyl sites for hydroxylation is 1. The molecule has 0 bridgehead atoms. The highest BCUT2D eigenvalue weighted by molar-refractivity contribution is 5.82. The molecule has 6 nitrogen and oxygen atoms in total. The fourth-order valence-electron chi connectivity index (χ4n) is 3.00. The Morgan fingerprint density at radius 1 is 1.14 bits per heavy atom. The highest BCUT2D eigenvalue weighted by Crippen LogP contribution is 2.28. The number of hydrogen-bond acceptors (Lipinski definition) is 6. The molecule has 3 heterocycles. The van der Waals surface area contributed by atoms with Crippen LogP contribution in [-0.4, -0.2) is 9.97 Å². The first-order valence-electron chi connectivity index (χ1n) is 8.57. The number of aromatic nitrogens is 2. The molecule has 0 saturated heterocycles. The van der Waals surface area contributed by atoms with Crippen LogP contribution >= 0.6 is 0 Å². The van der Waals surface area contributed by atoms with Crippen molar-refractivity contribution in [2.24, 2.45) is 0 Å². The second kappa shape index (κ2) is 7.11. The van der Waals surface area contributed by atoms with Crippen molar-refractivity contribution in [1.82, 2.24) is 9.97 Å². The molecular weight excluding hydrogens is 361 g/mol. The van der Waals surface area contributed by atoms with E-state index in [4.69, 9.17) is 14.9 Å². The summed E-state index contributed by atoms with van der Waals surface area (Å²) in [7, 11) is 0. The number of hydrogen-bond donors (Lipinski definition) is 1. The second-order valence-electron chi connectivity index (χ2n) is 6.27. The number of rotatable bonds is 4. The Balaban J connectivity index is 1.73. The summed E-state index contributed by atoms with van der Waals surface area (Å²) >= 11 is 0. The molecule has 140 valence electrons. The van der Waals surface area contributed by atoms with E-state index in [1.807, 2.05) is 6.07 Å². The first kappa shape index (κ1) is 17.7. The van der Waals surface area contributed by atoms with Gasteiger partial charge in [0.15, 0.2) is 11.6 Å². The zero-order valence-electron chi connectivity index (χ0n) is 15.0. The van der Waals surface area contributed by atoms with Crippen molar-refractivity contribution in [3.8, 4) is 11.6 Å². The van der Waals surface area contributed by atoms with Gasteiger partial charge in [0.05, 0.1) is 0 Å². The van der Waals surface area contributed by atoms with Crippen molar-refractivity contribution in [3.05, 3.63) is 87.8 Å². The number of nitrogen functional groups attached to an aromatic ring is 1. The summed E-state index contributed by atoms with van der Waals surface area (Å²) in [5, 5.41) is 0.741. The molecule has 0 amide bonds. The molecule has 28 heavy (non-hydrogen) atoms. The van der Waals surface area contributed by atoms with Crippen LogP contribution in [0.1, 0.15) is 16.7 Å². The summed E-state index contributed by atoms with van der Waals surface area (Å²) < 4.78 is 25.3. The standard InChI is InChI=1S/C21H16FN3O3/c1-12-15-6-5-14(27-18-4-2-3-8-24-18)11-17(15)28-21(26)16(12)10-13-7-9-25-20(23)19(13)22/h2-9,11H,10H2,1H3,(H2,23,25). The lowest BCUT2D eigenvalue weighted by molar-refractivity contribution is 0.461. The molecule has 7 heteroatoms. The molecule has 1 aromatic carbocycles.